The number of esters is 1. The average molecular weight is 394 g/mol. The van der Waals surface area contributed by atoms with Gasteiger partial charge in [0, 0.05) is 5.41 Å². The van der Waals surface area contributed by atoms with Gasteiger partial charge in [0.1, 0.15) is 6.61 Å². The van der Waals surface area contributed by atoms with Crippen LogP contribution >= 0.6 is 0 Å². The number of rotatable bonds is 5. The summed E-state index contributed by atoms with van der Waals surface area (Å²) in [5.41, 5.74) is 2.84. The Morgan fingerprint density at radius 2 is 1.72 bits per heavy atom. The lowest BCUT2D eigenvalue weighted by Gasteiger charge is -2.25. The maximum Gasteiger partial charge on any atom is 0.430 e. The van der Waals surface area contributed by atoms with E-state index in [9.17, 15) is 9.59 Å². The Hall–Kier alpha value is -3.15. The molecule has 1 heterocycles. The first-order chi connectivity index (χ1) is 13.8. The molecule has 1 aliphatic rings. The highest BCUT2D eigenvalue weighted by Gasteiger charge is 2.35. The van der Waals surface area contributed by atoms with Gasteiger partial charge in [0.15, 0.2) is 0 Å². The summed E-state index contributed by atoms with van der Waals surface area (Å²) >= 11 is 0. The van der Waals surface area contributed by atoms with Gasteiger partial charge in [-0.05, 0) is 29.7 Å². The van der Waals surface area contributed by atoms with E-state index in [2.05, 4.69) is 0 Å². The van der Waals surface area contributed by atoms with Gasteiger partial charge in [-0.1, -0.05) is 63.2 Å². The summed E-state index contributed by atoms with van der Waals surface area (Å²) in [5.74, 6) is -0.392. The normalized spacial score (nSPS) is 17.2. The maximum absolute atomic E-state index is 12.4. The fourth-order valence-electron chi connectivity index (χ4n) is 3.24. The lowest BCUT2D eigenvalue weighted by molar-refractivity contribution is 0.0600. The number of carbonyl (C=O) groups is 2. The van der Waals surface area contributed by atoms with Gasteiger partial charge in [0.05, 0.1) is 24.4 Å². The minimum atomic E-state index is -0.445. The molecule has 6 heteroatoms. The number of hydrogen-bond donors (Lipinski definition) is 0. The van der Waals surface area contributed by atoms with Gasteiger partial charge in [-0.2, -0.15) is 10.1 Å². The molecule has 1 saturated heterocycles. The lowest BCUT2D eigenvalue weighted by Crippen LogP contribution is -2.34. The van der Waals surface area contributed by atoms with Crippen molar-refractivity contribution in [3.8, 4) is 0 Å². The molecule has 1 amide bonds. The molecule has 3 rings (SSSR count). The van der Waals surface area contributed by atoms with Crippen molar-refractivity contribution in [1.29, 1.82) is 0 Å². The van der Waals surface area contributed by atoms with Gasteiger partial charge in [0.25, 0.3) is 0 Å². The van der Waals surface area contributed by atoms with E-state index in [-0.39, 0.29) is 11.5 Å². The third-order valence-corrected chi connectivity index (χ3v) is 4.74. The van der Waals surface area contributed by atoms with E-state index in [0.29, 0.717) is 18.6 Å². The topological polar surface area (TPSA) is 68.2 Å². The number of nitrogens with zero attached hydrogens (tertiary/aromatic N) is 2. The Morgan fingerprint density at radius 3 is 2.31 bits per heavy atom. The molecule has 0 radical (unpaired) electrons. The second-order valence-corrected chi connectivity index (χ2v) is 8.03. The summed E-state index contributed by atoms with van der Waals surface area (Å²) < 4.78 is 10.0. The molecule has 1 aliphatic heterocycles. The highest BCUT2D eigenvalue weighted by atomic mass is 16.6. The fraction of sp³-hybridized carbons (Fsp3) is 0.348. The third-order valence-electron chi connectivity index (χ3n) is 4.74. The number of hydrazone groups is 1. The Kier molecular flexibility index (Phi) is 6.01. The molecule has 0 N–H and O–H groups in total. The molecule has 2 aromatic carbocycles. The van der Waals surface area contributed by atoms with Crippen LogP contribution < -0.4 is 0 Å². The molecule has 29 heavy (non-hydrogen) atoms. The van der Waals surface area contributed by atoms with Crippen molar-refractivity contribution < 1.29 is 19.1 Å². The van der Waals surface area contributed by atoms with Gasteiger partial charge in [0.2, 0.25) is 0 Å². The number of amides is 1. The van der Waals surface area contributed by atoms with Crippen molar-refractivity contribution >= 4 is 17.8 Å². The highest BCUT2D eigenvalue weighted by molar-refractivity contribution is 6.05. The van der Waals surface area contributed by atoms with Crippen LogP contribution in [0.5, 0.6) is 0 Å². The highest BCUT2D eigenvalue weighted by Crippen LogP contribution is 2.26. The predicted molar refractivity (Wildman–Crippen MR) is 111 cm³/mol. The Bertz CT molecular complexity index is 899. The summed E-state index contributed by atoms with van der Waals surface area (Å²) in [6.45, 7) is 6.41. The molecule has 152 valence electrons. The largest absolute Gasteiger partial charge is 0.465 e. The van der Waals surface area contributed by atoms with Gasteiger partial charge < -0.3 is 9.47 Å². The van der Waals surface area contributed by atoms with E-state index >= 15 is 0 Å². The summed E-state index contributed by atoms with van der Waals surface area (Å²) in [4.78, 5) is 24.1. The number of ether oxygens (including phenoxy) is 2. The molecular weight excluding hydrogens is 368 g/mol. The van der Waals surface area contributed by atoms with E-state index in [1.165, 1.54) is 12.1 Å². The maximum atomic E-state index is 12.4. The smallest absolute Gasteiger partial charge is 0.430 e. The minimum Gasteiger partial charge on any atom is -0.465 e. The first kappa shape index (κ1) is 20.6. The average Bonchev–Trinajstić information content (AvgIpc) is 3.04. The third kappa shape index (κ3) is 4.83. The summed E-state index contributed by atoms with van der Waals surface area (Å²) in [7, 11) is 1.35. The van der Waals surface area contributed by atoms with Crippen LogP contribution in [-0.2, 0) is 15.9 Å². The van der Waals surface area contributed by atoms with E-state index < -0.39 is 12.1 Å². The zero-order valence-electron chi connectivity index (χ0n) is 17.2. The van der Waals surface area contributed by atoms with Crippen LogP contribution in [0.4, 0.5) is 4.79 Å². The number of carbonyl (C=O) groups excluding carboxylic acids is 2. The van der Waals surface area contributed by atoms with Gasteiger partial charge in [-0.25, -0.2) is 9.59 Å². The molecule has 6 nitrogen and oxygen atoms in total. The molecule has 0 saturated carbocycles. The number of hydrogen-bond acceptors (Lipinski definition) is 5. The summed E-state index contributed by atoms with van der Waals surface area (Å²) in [5, 5.41) is 6.18. The predicted octanol–water partition coefficient (Wildman–Crippen LogP) is 4.29. The molecule has 0 unspecified atom stereocenters. The molecule has 0 aliphatic carbocycles. The SMILES string of the molecule is COC(=O)c1ccc(/C(=N\N2C(=O)OC[C@H]2Cc2ccccc2)C(C)(C)C)cc1. The Labute approximate surface area is 171 Å². The van der Waals surface area contributed by atoms with E-state index in [0.717, 1.165) is 16.8 Å². The molecule has 2 aromatic rings. The quantitative estimate of drug-likeness (QED) is 0.560. The van der Waals surface area contributed by atoms with Crippen LogP contribution in [-0.4, -0.2) is 42.5 Å². The number of methoxy groups -OCH3 is 1. The van der Waals surface area contributed by atoms with Crippen LogP contribution in [0.15, 0.2) is 59.7 Å². The van der Waals surface area contributed by atoms with E-state index in [4.69, 9.17) is 14.6 Å². The fourth-order valence-corrected chi connectivity index (χ4v) is 3.24. The summed E-state index contributed by atoms with van der Waals surface area (Å²) in [6.07, 6.45) is 0.216. The first-order valence-electron chi connectivity index (χ1n) is 9.57. The molecule has 0 aromatic heterocycles. The Morgan fingerprint density at radius 1 is 1.10 bits per heavy atom. The monoisotopic (exact) mass is 394 g/mol. The second-order valence-electron chi connectivity index (χ2n) is 8.03. The standard InChI is InChI=1S/C23H26N2O4/c1-23(2,3)20(17-10-12-18(13-11-17)21(26)28-4)24-25-19(15-29-22(25)27)14-16-8-6-5-7-9-16/h5-13,19H,14-15H2,1-4H3/b24-20+/t19-/m1/s1. The van der Waals surface area contributed by atoms with E-state index in [1.54, 1.807) is 12.1 Å². The number of cyclic esters (lactones) is 1. The van der Waals surface area contributed by atoms with Crippen molar-refractivity contribution in [1.82, 2.24) is 5.01 Å². The molecular formula is C23H26N2O4. The van der Waals surface area contributed by atoms with Crippen LogP contribution in [0.25, 0.3) is 0 Å². The van der Waals surface area contributed by atoms with Crippen molar-refractivity contribution in [2.75, 3.05) is 13.7 Å². The Balaban J connectivity index is 1.92. The van der Waals surface area contributed by atoms with Crippen molar-refractivity contribution in [2.45, 2.75) is 33.2 Å². The minimum absolute atomic E-state index is 0.170. The molecule has 1 fully saturated rings. The van der Waals surface area contributed by atoms with Crippen LogP contribution in [0, 0.1) is 5.41 Å². The van der Waals surface area contributed by atoms with Gasteiger partial charge in [-0.15, -0.1) is 0 Å². The number of benzene rings is 2. The van der Waals surface area contributed by atoms with Gasteiger partial charge in [-0.3, -0.25) is 0 Å². The first-order valence-corrected chi connectivity index (χ1v) is 9.57. The van der Waals surface area contributed by atoms with Crippen LogP contribution in [0.2, 0.25) is 0 Å². The summed E-state index contributed by atoms with van der Waals surface area (Å²) in [6, 6.07) is 16.9. The molecule has 0 bridgehead atoms. The zero-order valence-corrected chi connectivity index (χ0v) is 17.2. The van der Waals surface area contributed by atoms with Crippen LogP contribution in [0.3, 0.4) is 0 Å². The van der Waals surface area contributed by atoms with Crippen molar-refractivity contribution in [3.63, 3.8) is 0 Å². The second kappa shape index (κ2) is 8.47. The van der Waals surface area contributed by atoms with Crippen LogP contribution in [0.1, 0.15) is 42.3 Å². The molecule has 1 atom stereocenters. The molecule has 0 spiro atoms. The van der Waals surface area contributed by atoms with E-state index in [1.807, 2.05) is 63.2 Å². The van der Waals surface area contributed by atoms with Crippen molar-refractivity contribution in [2.24, 2.45) is 10.5 Å². The lowest BCUT2D eigenvalue weighted by atomic mass is 9.85. The van der Waals surface area contributed by atoms with Gasteiger partial charge >= 0.3 is 12.1 Å². The van der Waals surface area contributed by atoms with Crippen molar-refractivity contribution in [3.05, 3.63) is 71.3 Å². The zero-order chi connectivity index (χ0) is 21.0.